The van der Waals surface area contributed by atoms with Crippen LogP contribution in [0.3, 0.4) is 0 Å². The van der Waals surface area contributed by atoms with E-state index in [1.807, 2.05) is 13.8 Å². The average molecular weight is 203 g/mol. The molecule has 0 aliphatic carbocycles. The average Bonchev–Trinajstić information content (AvgIpc) is 2.08. The normalized spacial score (nSPS) is 12.4. The van der Waals surface area contributed by atoms with Crippen molar-refractivity contribution in [3.05, 3.63) is 0 Å². The van der Waals surface area contributed by atoms with Gasteiger partial charge in [-0.15, -0.1) is 0 Å². The third-order valence-corrected chi connectivity index (χ3v) is 1.96. The second-order valence-corrected chi connectivity index (χ2v) is 4.29. The summed E-state index contributed by atoms with van der Waals surface area (Å²) in [5, 5.41) is 9.64. The van der Waals surface area contributed by atoms with E-state index in [1.54, 1.807) is 0 Å². The third kappa shape index (κ3) is 8.48. The molecule has 0 rings (SSSR count). The number of ether oxygens (including phenoxy) is 1. The molecule has 1 N–H and O–H groups in total. The van der Waals surface area contributed by atoms with Crippen LogP contribution in [0.15, 0.2) is 0 Å². The van der Waals surface area contributed by atoms with Gasteiger partial charge in [0.2, 0.25) is 0 Å². The van der Waals surface area contributed by atoms with Crippen molar-refractivity contribution in [2.45, 2.75) is 39.7 Å². The van der Waals surface area contributed by atoms with Crippen molar-refractivity contribution >= 4 is 0 Å². The molecule has 0 aliphatic rings. The maximum atomic E-state index is 9.64. The molecule has 0 spiro atoms. The summed E-state index contributed by atoms with van der Waals surface area (Å²) in [6.45, 7) is 12.0. The minimum Gasteiger partial charge on any atom is -0.389 e. The van der Waals surface area contributed by atoms with Crippen molar-refractivity contribution in [2.75, 3.05) is 32.8 Å². The Balaban J connectivity index is 3.58. The van der Waals surface area contributed by atoms with Crippen LogP contribution in [0.2, 0.25) is 0 Å². The first-order valence-corrected chi connectivity index (χ1v) is 5.52. The van der Waals surface area contributed by atoms with Gasteiger partial charge in [0.05, 0.1) is 12.2 Å². The maximum Gasteiger partial charge on any atom is 0.0718 e. The zero-order valence-corrected chi connectivity index (χ0v) is 10.0. The monoisotopic (exact) mass is 203 g/mol. The molecule has 0 atom stereocenters. The van der Waals surface area contributed by atoms with Gasteiger partial charge in [0.25, 0.3) is 0 Å². The summed E-state index contributed by atoms with van der Waals surface area (Å²) in [4.78, 5) is 2.20. The van der Waals surface area contributed by atoms with Crippen LogP contribution in [0.1, 0.15) is 34.1 Å². The van der Waals surface area contributed by atoms with E-state index in [0.717, 1.165) is 32.7 Å². The summed E-state index contributed by atoms with van der Waals surface area (Å²) >= 11 is 0. The lowest BCUT2D eigenvalue weighted by molar-refractivity contribution is 0.0250. The molecule has 14 heavy (non-hydrogen) atoms. The Labute approximate surface area is 88.1 Å². The molecule has 86 valence electrons. The van der Waals surface area contributed by atoms with Gasteiger partial charge in [-0.25, -0.2) is 0 Å². The van der Waals surface area contributed by atoms with Gasteiger partial charge in [0.15, 0.2) is 0 Å². The van der Waals surface area contributed by atoms with Crippen LogP contribution in [0.4, 0.5) is 0 Å². The molecule has 0 saturated carbocycles. The highest BCUT2D eigenvalue weighted by atomic mass is 16.5. The Hall–Kier alpha value is -0.120. The molecule has 0 aromatic heterocycles. The molecule has 0 unspecified atom stereocenters. The minimum absolute atomic E-state index is 0.610. The first kappa shape index (κ1) is 13.9. The van der Waals surface area contributed by atoms with E-state index in [4.69, 9.17) is 4.74 Å². The van der Waals surface area contributed by atoms with Gasteiger partial charge in [-0.2, -0.15) is 0 Å². The molecule has 0 aromatic rings. The van der Waals surface area contributed by atoms with Crippen molar-refractivity contribution in [3.8, 4) is 0 Å². The second kappa shape index (κ2) is 7.21. The van der Waals surface area contributed by atoms with Crippen LogP contribution < -0.4 is 0 Å². The second-order valence-electron chi connectivity index (χ2n) is 4.29. The highest BCUT2D eigenvalue weighted by molar-refractivity contribution is 4.71. The summed E-state index contributed by atoms with van der Waals surface area (Å²) in [7, 11) is 0. The third-order valence-electron chi connectivity index (χ3n) is 1.96. The fraction of sp³-hybridized carbons (Fsp3) is 1.00. The smallest absolute Gasteiger partial charge is 0.0718 e. The van der Waals surface area contributed by atoms with E-state index >= 15 is 0 Å². The van der Waals surface area contributed by atoms with E-state index in [1.165, 1.54) is 0 Å². The van der Waals surface area contributed by atoms with Gasteiger partial charge >= 0.3 is 0 Å². The number of likely N-dealkylation sites (N-methyl/N-ethyl adjacent to an activating group) is 1. The molecule has 0 bridgehead atoms. The summed E-state index contributed by atoms with van der Waals surface area (Å²) in [5.41, 5.74) is -0.610. The molecule has 3 nitrogen and oxygen atoms in total. The van der Waals surface area contributed by atoms with Crippen molar-refractivity contribution in [3.63, 3.8) is 0 Å². The number of nitrogens with zero attached hydrogens (tertiary/aromatic N) is 1. The fourth-order valence-electron chi connectivity index (χ4n) is 1.34. The summed E-state index contributed by atoms with van der Waals surface area (Å²) in [6, 6.07) is 0. The van der Waals surface area contributed by atoms with Crippen LogP contribution >= 0.6 is 0 Å². The number of hydrogen-bond donors (Lipinski definition) is 1. The summed E-state index contributed by atoms with van der Waals surface area (Å²) in [6.07, 6.45) is 1.07. The van der Waals surface area contributed by atoms with Crippen molar-refractivity contribution in [2.24, 2.45) is 0 Å². The Kier molecular flexibility index (Phi) is 7.15. The number of aliphatic hydroxyl groups is 1. The molecule has 0 saturated heterocycles. The Morgan fingerprint density at radius 3 is 2.29 bits per heavy atom. The van der Waals surface area contributed by atoms with E-state index in [0.29, 0.717) is 6.54 Å². The van der Waals surface area contributed by atoms with Crippen LogP contribution in [-0.4, -0.2) is 48.5 Å². The van der Waals surface area contributed by atoms with Crippen molar-refractivity contribution in [1.82, 2.24) is 4.90 Å². The minimum atomic E-state index is -0.610. The Morgan fingerprint density at radius 1 is 1.21 bits per heavy atom. The van der Waals surface area contributed by atoms with Crippen molar-refractivity contribution < 1.29 is 9.84 Å². The molecule has 0 heterocycles. The predicted octanol–water partition coefficient (Wildman–Crippen LogP) is 1.51. The van der Waals surface area contributed by atoms with E-state index in [-0.39, 0.29) is 0 Å². The first-order valence-electron chi connectivity index (χ1n) is 5.52. The molecule has 0 fully saturated rings. The highest BCUT2D eigenvalue weighted by Crippen LogP contribution is 2.04. The quantitative estimate of drug-likeness (QED) is 0.607. The van der Waals surface area contributed by atoms with Gasteiger partial charge in [0.1, 0.15) is 0 Å². The molecule has 0 aliphatic heterocycles. The lowest BCUT2D eigenvalue weighted by Gasteiger charge is -2.27. The molecular weight excluding hydrogens is 178 g/mol. The van der Waals surface area contributed by atoms with E-state index in [9.17, 15) is 5.11 Å². The highest BCUT2D eigenvalue weighted by Gasteiger charge is 2.16. The van der Waals surface area contributed by atoms with Gasteiger partial charge in [-0.05, 0) is 26.8 Å². The standard InChI is InChI=1S/C11H25NO2/c1-5-8-14-9-7-12(6-2)10-11(3,4)13/h13H,5-10H2,1-4H3. The van der Waals surface area contributed by atoms with Gasteiger partial charge in [0, 0.05) is 19.7 Å². The molecule has 0 radical (unpaired) electrons. The van der Waals surface area contributed by atoms with Gasteiger partial charge < -0.3 is 9.84 Å². The summed E-state index contributed by atoms with van der Waals surface area (Å²) < 4.78 is 5.41. The van der Waals surface area contributed by atoms with Crippen LogP contribution in [0.25, 0.3) is 0 Å². The predicted molar refractivity (Wildman–Crippen MR) is 59.5 cm³/mol. The fourth-order valence-corrected chi connectivity index (χ4v) is 1.34. The number of rotatable bonds is 8. The van der Waals surface area contributed by atoms with E-state index in [2.05, 4.69) is 18.7 Å². The largest absolute Gasteiger partial charge is 0.389 e. The van der Waals surface area contributed by atoms with Gasteiger partial charge in [-0.3, -0.25) is 4.90 Å². The first-order chi connectivity index (χ1) is 6.49. The zero-order valence-electron chi connectivity index (χ0n) is 10.0. The van der Waals surface area contributed by atoms with Crippen molar-refractivity contribution in [1.29, 1.82) is 0 Å². The number of hydrogen-bond acceptors (Lipinski definition) is 3. The molecule has 3 heteroatoms. The molecule has 0 aromatic carbocycles. The van der Waals surface area contributed by atoms with E-state index < -0.39 is 5.60 Å². The lowest BCUT2D eigenvalue weighted by Crippen LogP contribution is -2.40. The lowest BCUT2D eigenvalue weighted by atomic mass is 10.1. The van der Waals surface area contributed by atoms with Crippen LogP contribution in [0, 0.1) is 0 Å². The summed E-state index contributed by atoms with van der Waals surface area (Å²) in [5.74, 6) is 0. The zero-order chi connectivity index (χ0) is 11.0. The Bertz CT molecular complexity index is 132. The maximum absolute atomic E-state index is 9.64. The topological polar surface area (TPSA) is 32.7 Å². The SMILES string of the molecule is CCCOCCN(CC)CC(C)(C)O. The van der Waals surface area contributed by atoms with Gasteiger partial charge in [-0.1, -0.05) is 13.8 Å². The Morgan fingerprint density at radius 2 is 1.86 bits per heavy atom. The van der Waals surface area contributed by atoms with Crippen LogP contribution in [0.5, 0.6) is 0 Å². The molecular formula is C11H25NO2. The molecule has 0 amide bonds. The van der Waals surface area contributed by atoms with Crippen LogP contribution in [-0.2, 0) is 4.74 Å².